The van der Waals surface area contributed by atoms with Gasteiger partial charge < -0.3 is 10.2 Å². The molecule has 0 aliphatic heterocycles. The summed E-state index contributed by atoms with van der Waals surface area (Å²) < 4.78 is 0. The molecule has 3 nitrogen and oxygen atoms in total. The Morgan fingerprint density at radius 2 is 2.24 bits per heavy atom. The molecule has 0 saturated heterocycles. The number of aromatic nitrogens is 1. The minimum absolute atomic E-state index is 0.591. The van der Waals surface area contributed by atoms with Gasteiger partial charge in [0, 0.05) is 20.6 Å². The first-order valence-corrected chi connectivity index (χ1v) is 6.95. The van der Waals surface area contributed by atoms with Crippen molar-refractivity contribution in [1.82, 2.24) is 10.3 Å². The molecule has 0 amide bonds. The van der Waals surface area contributed by atoms with Crippen molar-refractivity contribution in [3.8, 4) is 0 Å². The SMILES string of the molecule is CCCNCC(C)=Cc1sc(N(C)C)nc1Cl. The van der Waals surface area contributed by atoms with Gasteiger partial charge >= 0.3 is 0 Å². The maximum atomic E-state index is 6.10. The van der Waals surface area contributed by atoms with Gasteiger partial charge in [-0.1, -0.05) is 35.4 Å². The second-order valence-corrected chi connectivity index (χ2v) is 5.58. The molecule has 0 fully saturated rings. The molecule has 0 unspecified atom stereocenters. The quantitative estimate of drug-likeness (QED) is 0.807. The van der Waals surface area contributed by atoms with E-state index in [1.807, 2.05) is 19.0 Å². The lowest BCUT2D eigenvalue weighted by atomic mass is 10.2. The van der Waals surface area contributed by atoms with Crippen molar-refractivity contribution in [2.24, 2.45) is 0 Å². The number of hydrogen-bond donors (Lipinski definition) is 1. The van der Waals surface area contributed by atoms with Gasteiger partial charge in [0.25, 0.3) is 0 Å². The fourth-order valence-electron chi connectivity index (χ4n) is 1.32. The average molecular weight is 274 g/mol. The van der Waals surface area contributed by atoms with Gasteiger partial charge in [-0.3, -0.25) is 0 Å². The highest BCUT2D eigenvalue weighted by atomic mass is 35.5. The lowest BCUT2D eigenvalue weighted by molar-refractivity contribution is 0.715. The van der Waals surface area contributed by atoms with E-state index in [2.05, 4.69) is 30.2 Å². The lowest BCUT2D eigenvalue weighted by Crippen LogP contribution is -2.16. The molecule has 1 heterocycles. The van der Waals surface area contributed by atoms with Crippen LogP contribution in [0.2, 0.25) is 5.15 Å². The first-order valence-electron chi connectivity index (χ1n) is 5.76. The molecule has 0 radical (unpaired) electrons. The summed E-state index contributed by atoms with van der Waals surface area (Å²) in [6.45, 7) is 6.22. The second kappa shape index (κ2) is 6.99. The Balaban J connectivity index is 2.69. The summed E-state index contributed by atoms with van der Waals surface area (Å²) in [6.07, 6.45) is 3.26. The summed E-state index contributed by atoms with van der Waals surface area (Å²) in [5, 5.41) is 4.90. The molecule has 1 aromatic rings. The van der Waals surface area contributed by atoms with Gasteiger partial charge in [0.1, 0.15) is 5.15 Å². The lowest BCUT2D eigenvalue weighted by Gasteiger charge is -2.05. The van der Waals surface area contributed by atoms with Crippen LogP contribution in [0.15, 0.2) is 5.57 Å². The molecule has 5 heteroatoms. The van der Waals surface area contributed by atoms with Gasteiger partial charge in [0.05, 0.1) is 4.88 Å². The zero-order valence-corrected chi connectivity index (χ0v) is 12.5. The molecule has 17 heavy (non-hydrogen) atoms. The Labute approximate surface area is 112 Å². The minimum Gasteiger partial charge on any atom is -0.354 e. The molecule has 0 aromatic carbocycles. The molecule has 0 atom stereocenters. The molecule has 1 rings (SSSR count). The summed E-state index contributed by atoms with van der Waals surface area (Å²) in [5.41, 5.74) is 1.27. The van der Waals surface area contributed by atoms with Gasteiger partial charge in [-0.05, 0) is 26.0 Å². The predicted molar refractivity (Wildman–Crippen MR) is 78.3 cm³/mol. The van der Waals surface area contributed by atoms with E-state index in [-0.39, 0.29) is 0 Å². The standard InChI is InChI=1S/C12H20ClN3S/c1-5-6-14-8-9(2)7-10-11(13)15-12(17-10)16(3)4/h7,14H,5-6,8H2,1-4H3. The van der Waals surface area contributed by atoms with E-state index in [0.717, 1.165) is 29.5 Å². The van der Waals surface area contributed by atoms with Crippen LogP contribution in [0.1, 0.15) is 25.1 Å². The number of halogens is 1. The van der Waals surface area contributed by atoms with Gasteiger partial charge in [-0.25, -0.2) is 4.98 Å². The number of anilines is 1. The molecule has 0 aliphatic rings. The van der Waals surface area contributed by atoms with Crippen LogP contribution in [0, 0.1) is 0 Å². The van der Waals surface area contributed by atoms with E-state index in [1.165, 1.54) is 5.57 Å². The molecule has 0 aliphatic carbocycles. The topological polar surface area (TPSA) is 28.2 Å². The monoisotopic (exact) mass is 273 g/mol. The minimum atomic E-state index is 0.591. The highest BCUT2D eigenvalue weighted by molar-refractivity contribution is 7.17. The fourth-order valence-corrected chi connectivity index (χ4v) is 2.53. The largest absolute Gasteiger partial charge is 0.354 e. The van der Waals surface area contributed by atoms with Crippen LogP contribution in [-0.2, 0) is 0 Å². The smallest absolute Gasteiger partial charge is 0.186 e. The highest BCUT2D eigenvalue weighted by Crippen LogP contribution is 2.30. The normalized spacial score (nSPS) is 11.9. The Kier molecular flexibility index (Phi) is 5.95. The molecule has 0 saturated carbocycles. The van der Waals surface area contributed by atoms with Crippen molar-refractivity contribution in [3.63, 3.8) is 0 Å². The van der Waals surface area contributed by atoms with E-state index in [0.29, 0.717) is 5.15 Å². The summed E-state index contributed by atoms with van der Waals surface area (Å²) in [6, 6.07) is 0. The van der Waals surface area contributed by atoms with Gasteiger partial charge in [0.2, 0.25) is 0 Å². The summed E-state index contributed by atoms with van der Waals surface area (Å²) >= 11 is 7.72. The van der Waals surface area contributed by atoms with Crippen molar-refractivity contribution in [1.29, 1.82) is 0 Å². The van der Waals surface area contributed by atoms with E-state index in [1.54, 1.807) is 11.3 Å². The van der Waals surface area contributed by atoms with E-state index < -0.39 is 0 Å². The molecule has 0 bridgehead atoms. The zero-order chi connectivity index (χ0) is 12.8. The first kappa shape index (κ1) is 14.5. The van der Waals surface area contributed by atoms with Crippen LogP contribution in [0.4, 0.5) is 5.13 Å². The molecule has 0 spiro atoms. The van der Waals surface area contributed by atoms with Crippen molar-refractivity contribution in [2.45, 2.75) is 20.3 Å². The molecule has 96 valence electrons. The summed E-state index contributed by atoms with van der Waals surface area (Å²) in [5.74, 6) is 0. The van der Waals surface area contributed by atoms with Gasteiger partial charge in [-0.2, -0.15) is 0 Å². The number of hydrogen-bond acceptors (Lipinski definition) is 4. The Morgan fingerprint density at radius 1 is 1.53 bits per heavy atom. The van der Waals surface area contributed by atoms with Crippen LogP contribution in [-0.4, -0.2) is 32.2 Å². The van der Waals surface area contributed by atoms with E-state index >= 15 is 0 Å². The third kappa shape index (κ3) is 4.66. The van der Waals surface area contributed by atoms with Crippen molar-refractivity contribution in [3.05, 3.63) is 15.6 Å². The molecule has 1 aromatic heterocycles. The van der Waals surface area contributed by atoms with Crippen LogP contribution in [0.5, 0.6) is 0 Å². The molecular formula is C12H20ClN3S. The van der Waals surface area contributed by atoms with E-state index in [9.17, 15) is 0 Å². The second-order valence-electron chi connectivity index (χ2n) is 4.21. The number of thiazole rings is 1. The Morgan fingerprint density at radius 3 is 2.76 bits per heavy atom. The van der Waals surface area contributed by atoms with Gasteiger partial charge in [-0.15, -0.1) is 0 Å². The third-order valence-corrected chi connectivity index (χ3v) is 3.76. The number of nitrogens with one attached hydrogen (secondary N) is 1. The maximum absolute atomic E-state index is 6.10. The van der Waals surface area contributed by atoms with Crippen LogP contribution < -0.4 is 10.2 Å². The van der Waals surface area contributed by atoms with Crippen LogP contribution in [0.3, 0.4) is 0 Å². The van der Waals surface area contributed by atoms with E-state index in [4.69, 9.17) is 11.6 Å². The first-order chi connectivity index (χ1) is 8.04. The van der Waals surface area contributed by atoms with Crippen molar-refractivity contribution >= 4 is 34.1 Å². The average Bonchev–Trinajstić information content (AvgIpc) is 2.61. The highest BCUT2D eigenvalue weighted by Gasteiger charge is 2.08. The fraction of sp³-hybridized carbons (Fsp3) is 0.583. The summed E-state index contributed by atoms with van der Waals surface area (Å²) in [4.78, 5) is 7.31. The Hall–Kier alpha value is -0.580. The van der Waals surface area contributed by atoms with Gasteiger partial charge in [0.15, 0.2) is 5.13 Å². The van der Waals surface area contributed by atoms with Crippen molar-refractivity contribution in [2.75, 3.05) is 32.1 Å². The Bertz CT molecular complexity index is 385. The third-order valence-electron chi connectivity index (χ3n) is 2.19. The number of rotatable bonds is 6. The maximum Gasteiger partial charge on any atom is 0.186 e. The zero-order valence-electron chi connectivity index (χ0n) is 10.9. The predicted octanol–water partition coefficient (Wildman–Crippen LogP) is 3.27. The van der Waals surface area contributed by atoms with Crippen molar-refractivity contribution < 1.29 is 0 Å². The summed E-state index contributed by atoms with van der Waals surface area (Å²) in [7, 11) is 3.94. The van der Waals surface area contributed by atoms with Crippen LogP contribution in [0.25, 0.3) is 6.08 Å². The van der Waals surface area contributed by atoms with Crippen LogP contribution >= 0.6 is 22.9 Å². The molecular weight excluding hydrogens is 254 g/mol. The number of nitrogens with zero attached hydrogens (tertiary/aromatic N) is 2. The molecule has 1 N–H and O–H groups in total.